The Morgan fingerprint density at radius 2 is 1.78 bits per heavy atom. The summed E-state index contributed by atoms with van der Waals surface area (Å²) in [5.41, 5.74) is 2.16. The molecule has 1 fully saturated rings. The monoisotopic (exact) mass is 383 g/mol. The van der Waals surface area contributed by atoms with Crippen molar-refractivity contribution >= 4 is 23.5 Å². The van der Waals surface area contributed by atoms with E-state index in [2.05, 4.69) is 5.32 Å². The fourth-order valence-electron chi connectivity index (χ4n) is 3.56. The second kappa shape index (κ2) is 8.17. The number of hydrogen-bond acceptors (Lipinski definition) is 4. The molecule has 0 saturated carbocycles. The quantitative estimate of drug-likeness (QED) is 0.787. The van der Waals surface area contributed by atoms with Gasteiger partial charge >= 0.3 is 0 Å². The average Bonchev–Trinajstić information content (AvgIpc) is 2.68. The van der Waals surface area contributed by atoms with Gasteiger partial charge in [0.2, 0.25) is 0 Å². The Balaban J connectivity index is 1.94. The van der Waals surface area contributed by atoms with E-state index in [0.29, 0.717) is 29.7 Å². The van der Waals surface area contributed by atoms with Crippen LogP contribution in [0.5, 0.6) is 5.75 Å². The number of hydrogen-bond donors (Lipinski definition) is 1. The topological polar surface area (TPSA) is 55.4 Å². The molecule has 0 bridgehead atoms. The Kier molecular flexibility index (Phi) is 5.90. The van der Waals surface area contributed by atoms with Gasteiger partial charge in [-0.3, -0.25) is 9.59 Å². The zero-order chi connectivity index (χ0) is 19.4. The van der Waals surface area contributed by atoms with E-state index in [-0.39, 0.29) is 11.7 Å². The first kappa shape index (κ1) is 19.5. The molecule has 0 unspecified atom stereocenters. The minimum atomic E-state index is -0.856. The number of methoxy groups -OCH3 is 1. The van der Waals surface area contributed by atoms with Crippen LogP contribution in [0.1, 0.15) is 44.7 Å². The Hall–Kier alpha value is -2.27. The van der Waals surface area contributed by atoms with Crippen molar-refractivity contribution in [3.05, 3.63) is 64.7 Å². The SMILES string of the molecule is COc1cccc(C(=O)NC2(C(=O)c3cccc(C)c3)CCSCC2)c1C. The summed E-state index contributed by atoms with van der Waals surface area (Å²) in [5, 5.41) is 3.10. The lowest BCUT2D eigenvalue weighted by Crippen LogP contribution is -2.56. The van der Waals surface area contributed by atoms with Gasteiger partial charge in [0.15, 0.2) is 5.78 Å². The van der Waals surface area contributed by atoms with Crippen molar-refractivity contribution < 1.29 is 14.3 Å². The summed E-state index contributed by atoms with van der Waals surface area (Å²) in [5.74, 6) is 2.16. The molecule has 2 aromatic rings. The van der Waals surface area contributed by atoms with Crippen LogP contribution in [0.15, 0.2) is 42.5 Å². The lowest BCUT2D eigenvalue weighted by atomic mass is 9.83. The van der Waals surface area contributed by atoms with Gasteiger partial charge in [0, 0.05) is 16.7 Å². The van der Waals surface area contributed by atoms with Crippen molar-refractivity contribution in [3.8, 4) is 5.75 Å². The highest BCUT2D eigenvalue weighted by atomic mass is 32.2. The Morgan fingerprint density at radius 3 is 2.44 bits per heavy atom. The van der Waals surface area contributed by atoms with Crippen LogP contribution in [0.25, 0.3) is 0 Å². The summed E-state index contributed by atoms with van der Waals surface area (Å²) in [7, 11) is 1.59. The van der Waals surface area contributed by atoms with E-state index in [1.165, 1.54) is 0 Å². The van der Waals surface area contributed by atoms with Crippen LogP contribution in [-0.4, -0.2) is 35.8 Å². The molecule has 1 saturated heterocycles. The van der Waals surface area contributed by atoms with Crippen molar-refractivity contribution in [2.75, 3.05) is 18.6 Å². The average molecular weight is 384 g/mol. The molecule has 1 heterocycles. The van der Waals surface area contributed by atoms with Crippen LogP contribution < -0.4 is 10.1 Å². The number of carbonyl (C=O) groups is 2. The molecule has 0 atom stereocenters. The second-order valence-corrected chi connectivity index (χ2v) is 8.20. The number of amides is 1. The molecule has 0 spiro atoms. The minimum absolute atomic E-state index is 0.000370. The molecular formula is C22H25NO3S. The number of ether oxygens (including phenoxy) is 1. The summed E-state index contributed by atoms with van der Waals surface area (Å²) in [4.78, 5) is 26.5. The van der Waals surface area contributed by atoms with E-state index in [1.807, 2.05) is 55.9 Å². The molecule has 0 aliphatic carbocycles. The van der Waals surface area contributed by atoms with Crippen LogP contribution >= 0.6 is 11.8 Å². The summed E-state index contributed by atoms with van der Waals surface area (Å²) in [6.45, 7) is 3.83. The highest BCUT2D eigenvalue weighted by Crippen LogP contribution is 2.31. The molecule has 142 valence electrons. The molecule has 3 rings (SSSR count). The lowest BCUT2D eigenvalue weighted by Gasteiger charge is -2.36. The van der Waals surface area contributed by atoms with Gasteiger partial charge < -0.3 is 10.1 Å². The summed E-state index contributed by atoms with van der Waals surface area (Å²) in [6, 6.07) is 13.0. The zero-order valence-corrected chi connectivity index (χ0v) is 16.8. The van der Waals surface area contributed by atoms with E-state index in [0.717, 1.165) is 22.6 Å². The zero-order valence-electron chi connectivity index (χ0n) is 16.0. The number of thioether (sulfide) groups is 1. The highest BCUT2D eigenvalue weighted by Gasteiger charge is 2.41. The van der Waals surface area contributed by atoms with E-state index in [4.69, 9.17) is 4.74 Å². The molecule has 0 radical (unpaired) electrons. The minimum Gasteiger partial charge on any atom is -0.496 e. The van der Waals surface area contributed by atoms with Crippen LogP contribution in [-0.2, 0) is 0 Å². The first-order chi connectivity index (χ1) is 13.0. The third-order valence-corrected chi connectivity index (χ3v) is 6.15. The van der Waals surface area contributed by atoms with Crippen molar-refractivity contribution in [3.63, 3.8) is 0 Å². The molecule has 1 aliphatic rings. The number of nitrogens with one attached hydrogen (secondary N) is 1. The Labute approximate surface area is 164 Å². The smallest absolute Gasteiger partial charge is 0.252 e. The number of Topliss-reactive ketones (excluding diaryl/α,β-unsaturated/α-hetero) is 1. The van der Waals surface area contributed by atoms with Crippen molar-refractivity contribution in [2.45, 2.75) is 32.2 Å². The molecule has 1 N–H and O–H groups in total. The fourth-order valence-corrected chi connectivity index (χ4v) is 4.75. The highest BCUT2D eigenvalue weighted by molar-refractivity contribution is 7.99. The maximum Gasteiger partial charge on any atom is 0.252 e. The first-order valence-electron chi connectivity index (χ1n) is 9.12. The Morgan fingerprint density at radius 1 is 1.07 bits per heavy atom. The van der Waals surface area contributed by atoms with Crippen molar-refractivity contribution in [1.29, 1.82) is 0 Å². The number of ketones is 1. The first-order valence-corrected chi connectivity index (χ1v) is 10.3. The van der Waals surface area contributed by atoms with Crippen LogP contribution in [0.2, 0.25) is 0 Å². The van der Waals surface area contributed by atoms with Gasteiger partial charge in [-0.25, -0.2) is 0 Å². The van der Waals surface area contributed by atoms with Gasteiger partial charge in [-0.15, -0.1) is 0 Å². The molecule has 4 nitrogen and oxygen atoms in total. The summed E-state index contributed by atoms with van der Waals surface area (Å²) >= 11 is 1.82. The van der Waals surface area contributed by atoms with E-state index in [1.54, 1.807) is 19.2 Å². The molecule has 2 aromatic carbocycles. The third kappa shape index (κ3) is 4.03. The molecular weight excluding hydrogens is 358 g/mol. The van der Waals surface area contributed by atoms with Crippen LogP contribution in [0.3, 0.4) is 0 Å². The van der Waals surface area contributed by atoms with Gasteiger partial charge in [-0.2, -0.15) is 11.8 Å². The van der Waals surface area contributed by atoms with Crippen LogP contribution in [0.4, 0.5) is 0 Å². The predicted octanol–water partition coefficient (Wildman–Crippen LogP) is 4.19. The predicted molar refractivity (Wildman–Crippen MR) is 110 cm³/mol. The maximum atomic E-state index is 13.4. The van der Waals surface area contributed by atoms with Crippen molar-refractivity contribution in [1.82, 2.24) is 5.32 Å². The molecule has 1 aliphatic heterocycles. The number of benzene rings is 2. The number of aryl methyl sites for hydroxylation is 1. The van der Waals surface area contributed by atoms with E-state index < -0.39 is 5.54 Å². The van der Waals surface area contributed by atoms with Crippen molar-refractivity contribution in [2.24, 2.45) is 0 Å². The molecule has 0 aromatic heterocycles. The van der Waals surface area contributed by atoms with E-state index in [9.17, 15) is 9.59 Å². The van der Waals surface area contributed by atoms with Gasteiger partial charge in [0.25, 0.3) is 5.91 Å². The number of carbonyl (C=O) groups excluding carboxylic acids is 2. The largest absolute Gasteiger partial charge is 0.496 e. The molecule has 27 heavy (non-hydrogen) atoms. The fraction of sp³-hybridized carbons (Fsp3) is 0.364. The van der Waals surface area contributed by atoms with Gasteiger partial charge in [-0.1, -0.05) is 29.8 Å². The van der Waals surface area contributed by atoms with Gasteiger partial charge in [0.1, 0.15) is 11.3 Å². The van der Waals surface area contributed by atoms with Gasteiger partial charge in [-0.05, 0) is 56.4 Å². The third-order valence-electron chi connectivity index (χ3n) is 5.16. The molecule has 5 heteroatoms. The van der Waals surface area contributed by atoms with Gasteiger partial charge in [0.05, 0.1) is 7.11 Å². The summed E-state index contributed by atoms with van der Waals surface area (Å²) < 4.78 is 5.33. The number of rotatable bonds is 5. The van der Waals surface area contributed by atoms with E-state index >= 15 is 0 Å². The summed E-state index contributed by atoms with van der Waals surface area (Å²) in [6.07, 6.45) is 1.28. The normalized spacial score (nSPS) is 15.8. The lowest BCUT2D eigenvalue weighted by molar-refractivity contribution is 0.0753. The Bertz CT molecular complexity index is 856. The maximum absolute atomic E-state index is 13.4. The molecule has 1 amide bonds. The second-order valence-electron chi connectivity index (χ2n) is 6.98. The standard InChI is InChI=1S/C22H25NO3S/c1-15-6-4-7-17(14-15)20(24)22(10-12-27-13-11-22)23-21(25)18-8-5-9-19(26-3)16(18)2/h4-9,14H,10-13H2,1-3H3,(H,23,25). The van der Waals surface area contributed by atoms with Crippen LogP contribution in [0, 0.1) is 13.8 Å².